The molecule has 1 unspecified atom stereocenters. The Morgan fingerprint density at radius 3 is 2.33 bits per heavy atom. The van der Waals surface area contributed by atoms with Crippen molar-refractivity contribution in [2.24, 2.45) is 5.92 Å². The van der Waals surface area contributed by atoms with E-state index >= 15 is 0 Å². The number of thiophene rings is 1. The summed E-state index contributed by atoms with van der Waals surface area (Å²) in [6.07, 6.45) is 0.854. The Morgan fingerprint density at radius 1 is 1.17 bits per heavy atom. The molecule has 5 nitrogen and oxygen atoms in total. The van der Waals surface area contributed by atoms with E-state index in [1.165, 1.54) is 11.6 Å². The molecule has 24 heavy (non-hydrogen) atoms. The summed E-state index contributed by atoms with van der Waals surface area (Å²) in [5.74, 6) is -0.0412. The summed E-state index contributed by atoms with van der Waals surface area (Å²) in [4.78, 5) is 25.6. The molecule has 1 heterocycles. The zero-order valence-electron chi connectivity index (χ0n) is 14.0. The lowest BCUT2D eigenvalue weighted by atomic mass is 10.0. The zero-order chi connectivity index (χ0) is 17.7. The molecule has 2 aromatic rings. The Kier molecular flexibility index (Phi) is 5.98. The van der Waals surface area contributed by atoms with Crippen LogP contribution in [-0.4, -0.2) is 42.6 Å². The van der Waals surface area contributed by atoms with Gasteiger partial charge in [0.05, 0.1) is 12.0 Å². The standard InChI is InChI=1S/C18H21NO4S/c1-12(10-13-4-6-14(23-3)7-5-13)11-19(2)17(20)15-8-9-16(24-15)18(21)22/h4-9,12H,10-11H2,1-3H3,(H,21,22). The zero-order valence-corrected chi connectivity index (χ0v) is 14.8. The van der Waals surface area contributed by atoms with E-state index in [4.69, 9.17) is 9.84 Å². The summed E-state index contributed by atoms with van der Waals surface area (Å²) < 4.78 is 5.14. The van der Waals surface area contributed by atoms with Gasteiger partial charge < -0.3 is 14.7 Å². The fourth-order valence-electron chi connectivity index (χ4n) is 2.53. The number of carbonyl (C=O) groups is 2. The van der Waals surface area contributed by atoms with Crippen LogP contribution in [0.4, 0.5) is 0 Å². The minimum Gasteiger partial charge on any atom is -0.497 e. The quantitative estimate of drug-likeness (QED) is 0.833. The molecule has 1 aromatic heterocycles. The number of amides is 1. The van der Waals surface area contributed by atoms with Crippen molar-refractivity contribution in [3.63, 3.8) is 0 Å². The molecule has 0 aliphatic heterocycles. The number of nitrogens with zero attached hydrogens (tertiary/aromatic N) is 1. The SMILES string of the molecule is COc1ccc(CC(C)CN(C)C(=O)c2ccc(C(=O)O)s2)cc1. The van der Waals surface area contributed by atoms with Gasteiger partial charge >= 0.3 is 5.97 Å². The number of carbonyl (C=O) groups excluding carboxylic acids is 1. The number of carboxylic acids is 1. The van der Waals surface area contributed by atoms with Crippen LogP contribution in [0.2, 0.25) is 0 Å². The van der Waals surface area contributed by atoms with E-state index in [0.717, 1.165) is 23.5 Å². The third-order valence-corrected chi connectivity index (χ3v) is 4.76. The van der Waals surface area contributed by atoms with Gasteiger partial charge in [-0.05, 0) is 42.2 Å². The van der Waals surface area contributed by atoms with Crippen molar-refractivity contribution >= 4 is 23.2 Å². The first-order chi connectivity index (χ1) is 11.4. The molecule has 0 radical (unpaired) electrons. The monoisotopic (exact) mass is 347 g/mol. The van der Waals surface area contributed by atoms with Gasteiger partial charge in [0.25, 0.3) is 5.91 Å². The smallest absolute Gasteiger partial charge is 0.345 e. The highest BCUT2D eigenvalue weighted by atomic mass is 32.1. The summed E-state index contributed by atoms with van der Waals surface area (Å²) in [6.45, 7) is 2.69. The molecule has 1 atom stereocenters. The van der Waals surface area contributed by atoms with E-state index in [1.807, 2.05) is 24.3 Å². The minimum atomic E-state index is -1.01. The number of methoxy groups -OCH3 is 1. The summed E-state index contributed by atoms with van der Waals surface area (Å²) in [5, 5.41) is 8.94. The van der Waals surface area contributed by atoms with Crippen LogP contribution in [0.5, 0.6) is 5.75 Å². The normalized spacial score (nSPS) is 11.8. The van der Waals surface area contributed by atoms with Gasteiger partial charge in [-0.1, -0.05) is 19.1 Å². The van der Waals surface area contributed by atoms with Gasteiger partial charge in [-0.3, -0.25) is 4.79 Å². The summed E-state index contributed by atoms with van der Waals surface area (Å²) >= 11 is 1.01. The number of benzene rings is 1. The molecule has 0 fully saturated rings. The first-order valence-electron chi connectivity index (χ1n) is 7.62. The molecule has 0 aliphatic carbocycles. The third-order valence-electron chi connectivity index (χ3n) is 3.70. The van der Waals surface area contributed by atoms with Gasteiger partial charge in [-0.25, -0.2) is 4.79 Å². The average molecular weight is 347 g/mol. The van der Waals surface area contributed by atoms with Gasteiger partial charge in [0.2, 0.25) is 0 Å². The van der Waals surface area contributed by atoms with E-state index < -0.39 is 5.97 Å². The molecule has 0 saturated heterocycles. The van der Waals surface area contributed by atoms with Gasteiger partial charge in [-0.2, -0.15) is 0 Å². The van der Waals surface area contributed by atoms with Crippen LogP contribution in [0.15, 0.2) is 36.4 Å². The predicted octanol–water partition coefficient (Wildman–Crippen LogP) is 3.41. The predicted molar refractivity (Wildman–Crippen MR) is 94.1 cm³/mol. The van der Waals surface area contributed by atoms with Gasteiger partial charge in [0.15, 0.2) is 0 Å². The maximum atomic E-state index is 12.4. The number of carboxylic acid groups (broad SMARTS) is 1. The Morgan fingerprint density at radius 2 is 1.79 bits per heavy atom. The van der Waals surface area contributed by atoms with Crippen molar-refractivity contribution in [2.75, 3.05) is 20.7 Å². The van der Waals surface area contributed by atoms with Crippen molar-refractivity contribution in [3.05, 3.63) is 51.7 Å². The van der Waals surface area contributed by atoms with Crippen molar-refractivity contribution in [3.8, 4) is 5.75 Å². The molecule has 2 rings (SSSR count). The van der Waals surface area contributed by atoms with E-state index in [1.54, 1.807) is 25.1 Å². The van der Waals surface area contributed by atoms with E-state index in [-0.39, 0.29) is 16.7 Å². The Bertz CT molecular complexity index is 708. The topological polar surface area (TPSA) is 66.8 Å². The van der Waals surface area contributed by atoms with E-state index in [9.17, 15) is 9.59 Å². The van der Waals surface area contributed by atoms with E-state index in [0.29, 0.717) is 11.4 Å². The molecule has 1 aromatic carbocycles. The highest BCUT2D eigenvalue weighted by molar-refractivity contribution is 7.15. The molecular weight excluding hydrogens is 326 g/mol. The number of hydrogen-bond acceptors (Lipinski definition) is 4. The van der Waals surface area contributed by atoms with Crippen LogP contribution in [0.1, 0.15) is 31.8 Å². The molecule has 0 spiro atoms. The molecule has 1 amide bonds. The van der Waals surface area contributed by atoms with Gasteiger partial charge in [0.1, 0.15) is 10.6 Å². The van der Waals surface area contributed by atoms with Gasteiger partial charge in [0, 0.05) is 13.6 Å². The lowest BCUT2D eigenvalue weighted by molar-refractivity contribution is 0.0701. The molecule has 6 heteroatoms. The van der Waals surface area contributed by atoms with Crippen molar-refractivity contribution in [1.82, 2.24) is 4.90 Å². The number of hydrogen-bond donors (Lipinski definition) is 1. The van der Waals surface area contributed by atoms with Crippen LogP contribution < -0.4 is 4.74 Å². The fraction of sp³-hybridized carbons (Fsp3) is 0.333. The van der Waals surface area contributed by atoms with Crippen LogP contribution in [-0.2, 0) is 6.42 Å². The second-order valence-corrected chi connectivity index (χ2v) is 6.90. The molecule has 128 valence electrons. The first kappa shape index (κ1) is 18.0. The summed E-state index contributed by atoms with van der Waals surface area (Å²) in [7, 11) is 3.38. The number of aromatic carboxylic acids is 1. The third kappa shape index (κ3) is 4.58. The van der Waals surface area contributed by atoms with Crippen LogP contribution >= 0.6 is 11.3 Å². The largest absolute Gasteiger partial charge is 0.497 e. The number of rotatable bonds is 7. The molecule has 0 aliphatic rings. The Hall–Kier alpha value is -2.34. The maximum absolute atomic E-state index is 12.4. The second kappa shape index (κ2) is 7.97. The number of ether oxygens (including phenoxy) is 1. The fourth-order valence-corrected chi connectivity index (χ4v) is 3.37. The lowest BCUT2D eigenvalue weighted by Crippen LogP contribution is -2.31. The molecule has 0 bridgehead atoms. The molecule has 0 saturated carbocycles. The molecular formula is C18H21NO4S. The van der Waals surface area contributed by atoms with Crippen molar-refractivity contribution in [2.45, 2.75) is 13.3 Å². The molecule has 1 N–H and O–H groups in total. The summed E-state index contributed by atoms with van der Waals surface area (Å²) in [6, 6.07) is 10.9. The van der Waals surface area contributed by atoms with E-state index in [2.05, 4.69) is 6.92 Å². The highest BCUT2D eigenvalue weighted by Crippen LogP contribution is 2.19. The second-order valence-electron chi connectivity index (χ2n) is 5.81. The highest BCUT2D eigenvalue weighted by Gasteiger charge is 2.18. The average Bonchev–Trinajstić information content (AvgIpc) is 3.05. The van der Waals surface area contributed by atoms with Crippen LogP contribution in [0.3, 0.4) is 0 Å². The summed E-state index contributed by atoms with van der Waals surface area (Å²) in [5.41, 5.74) is 1.19. The van der Waals surface area contributed by atoms with Crippen LogP contribution in [0.25, 0.3) is 0 Å². The lowest BCUT2D eigenvalue weighted by Gasteiger charge is -2.21. The first-order valence-corrected chi connectivity index (χ1v) is 8.44. The van der Waals surface area contributed by atoms with Crippen molar-refractivity contribution in [1.29, 1.82) is 0 Å². The van der Waals surface area contributed by atoms with Crippen LogP contribution in [0, 0.1) is 5.92 Å². The Labute approximate surface area is 145 Å². The van der Waals surface area contributed by atoms with Crippen molar-refractivity contribution < 1.29 is 19.4 Å². The Balaban J connectivity index is 1.92. The maximum Gasteiger partial charge on any atom is 0.345 e. The van der Waals surface area contributed by atoms with Gasteiger partial charge in [-0.15, -0.1) is 11.3 Å². The minimum absolute atomic E-state index is 0.144.